The van der Waals surface area contributed by atoms with E-state index in [0.717, 1.165) is 30.5 Å². The Morgan fingerprint density at radius 3 is 2.80 bits per heavy atom. The number of amides is 2. The van der Waals surface area contributed by atoms with E-state index in [1.165, 1.54) is 11.3 Å². The Balaban J connectivity index is 1.38. The molecule has 1 saturated heterocycles. The van der Waals surface area contributed by atoms with E-state index in [-0.39, 0.29) is 18.0 Å². The Labute approximate surface area is 209 Å². The minimum atomic E-state index is -0.525. The lowest BCUT2D eigenvalue weighted by atomic mass is 10.0. The summed E-state index contributed by atoms with van der Waals surface area (Å²) >= 11 is 1.37. The van der Waals surface area contributed by atoms with E-state index in [1.54, 1.807) is 23.4 Å². The monoisotopic (exact) mass is 493 g/mol. The lowest BCUT2D eigenvalue weighted by molar-refractivity contribution is 0.0150. The van der Waals surface area contributed by atoms with Crippen LogP contribution in [0.15, 0.2) is 54.3 Å². The first-order valence-electron chi connectivity index (χ1n) is 11.8. The lowest BCUT2D eigenvalue weighted by Gasteiger charge is -2.35. The van der Waals surface area contributed by atoms with Gasteiger partial charge in [0.1, 0.15) is 11.3 Å². The van der Waals surface area contributed by atoms with Crippen molar-refractivity contribution in [2.24, 2.45) is 0 Å². The van der Waals surface area contributed by atoms with Gasteiger partial charge in [-0.05, 0) is 75.9 Å². The number of likely N-dealkylation sites (tertiary alicyclic amines) is 1. The van der Waals surface area contributed by atoms with Crippen LogP contribution in [0.25, 0.3) is 6.08 Å². The molecule has 0 aromatic carbocycles. The number of carbonyl (C=O) groups excluding carboxylic acids is 2. The lowest BCUT2D eigenvalue weighted by Crippen LogP contribution is -2.45. The van der Waals surface area contributed by atoms with Gasteiger partial charge in [-0.3, -0.25) is 15.1 Å². The van der Waals surface area contributed by atoms with Crippen LogP contribution in [0.5, 0.6) is 0 Å². The average molecular weight is 494 g/mol. The molecule has 0 saturated carbocycles. The molecule has 0 spiro atoms. The summed E-state index contributed by atoms with van der Waals surface area (Å²) in [7, 11) is 0. The number of piperidine rings is 1. The zero-order valence-electron chi connectivity index (χ0n) is 20.3. The maximum atomic E-state index is 12.9. The number of pyridine rings is 1. The molecule has 4 heterocycles. The topological polar surface area (TPSA) is 89.4 Å². The molecule has 1 fully saturated rings. The van der Waals surface area contributed by atoms with Crippen LogP contribution in [-0.4, -0.2) is 49.6 Å². The molecule has 8 nitrogen and oxygen atoms in total. The van der Waals surface area contributed by atoms with Crippen LogP contribution in [0.1, 0.15) is 61.8 Å². The van der Waals surface area contributed by atoms with E-state index in [9.17, 15) is 9.59 Å². The Hall–Kier alpha value is -3.46. The highest BCUT2D eigenvalue weighted by Crippen LogP contribution is 2.23. The normalized spacial score (nSPS) is 16.4. The van der Waals surface area contributed by atoms with Gasteiger partial charge in [0.15, 0.2) is 5.13 Å². The number of nitrogens with one attached hydrogen (secondary N) is 1. The number of hydrogen-bond acceptors (Lipinski definition) is 6. The summed E-state index contributed by atoms with van der Waals surface area (Å²) in [4.78, 5) is 35.9. The minimum absolute atomic E-state index is 0.0326. The third-order valence-corrected chi connectivity index (χ3v) is 6.35. The fourth-order valence-electron chi connectivity index (χ4n) is 3.94. The quantitative estimate of drug-likeness (QED) is 0.494. The molecule has 184 valence electrons. The van der Waals surface area contributed by atoms with Gasteiger partial charge < -0.3 is 14.2 Å². The highest BCUT2D eigenvalue weighted by atomic mass is 32.1. The van der Waals surface area contributed by atoms with E-state index in [4.69, 9.17) is 4.74 Å². The second-order valence-electron chi connectivity index (χ2n) is 9.50. The summed E-state index contributed by atoms with van der Waals surface area (Å²) in [5, 5.41) is 5.32. The van der Waals surface area contributed by atoms with E-state index in [2.05, 4.69) is 15.3 Å². The van der Waals surface area contributed by atoms with Gasteiger partial charge in [-0.2, -0.15) is 0 Å². The molecule has 2 amide bonds. The Kier molecular flexibility index (Phi) is 7.65. The second kappa shape index (κ2) is 10.9. The van der Waals surface area contributed by atoms with E-state index in [0.29, 0.717) is 23.9 Å². The van der Waals surface area contributed by atoms with Gasteiger partial charge in [0.2, 0.25) is 0 Å². The number of thiazole rings is 1. The van der Waals surface area contributed by atoms with Gasteiger partial charge in [-0.15, -0.1) is 11.3 Å². The summed E-state index contributed by atoms with van der Waals surface area (Å²) < 4.78 is 7.47. The molecule has 0 unspecified atom stereocenters. The molecule has 1 atom stereocenters. The van der Waals surface area contributed by atoms with Crippen molar-refractivity contribution in [2.45, 2.75) is 58.2 Å². The smallest absolute Gasteiger partial charge is 0.410 e. The van der Waals surface area contributed by atoms with Gasteiger partial charge in [-0.1, -0.05) is 6.08 Å². The first-order valence-corrected chi connectivity index (χ1v) is 12.7. The van der Waals surface area contributed by atoms with Crippen molar-refractivity contribution in [1.82, 2.24) is 19.4 Å². The van der Waals surface area contributed by atoms with Crippen molar-refractivity contribution < 1.29 is 14.3 Å². The molecule has 0 aliphatic carbocycles. The fourth-order valence-corrected chi connectivity index (χ4v) is 4.61. The Morgan fingerprint density at radius 2 is 2.03 bits per heavy atom. The highest BCUT2D eigenvalue weighted by Gasteiger charge is 2.29. The third kappa shape index (κ3) is 6.79. The average Bonchev–Trinajstić information content (AvgIpc) is 3.47. The maximum absolute atomic E-state index is 12.9. The van der Waals surface area contributed by atoms with E-state index < -0.39 is 5.60 Å². The van der Waals surface area contributed by atoms with Gasteiger partial charge in [0, 0.05) is 37.1 Å². The molecule has 9 heteroatoms. The van der Waals surface area contributed by atoms with Crippen molar-refractivity contribution >= 4 is 34.5 Å². The number of nitrogens with zero attached hydrogens (tertiary/aromatic N) is 4. The number of carbonyl (C=O) groups is 2. The fraction of sp³-hybridized carbons (Fsp3) is 0.385. The first-order chi connectivity index (χ1) is 16.8. The van der Waals surface area contributed by atoms with E-state index >= 15 is 0 Å². The molecule has 1 aliphatic rings. The van der Waals surface area contributed by atoms with Crippen molar-refractivity contribution in [3.05, 3.63) is 71.3 Å². The molecule has 3 aromatic heterocycles. The molecule has 0 bridgehead atoms. The molecule has 4 rings (SSSR count). The Morgan fingerprint density at radius 1 is 1.23 bits per heavy atom. The Bertz CT molecular complexity index is 1180. The van der Waals surface area contributed by atoms with Crippen LogP contribution in [0.4, 0.5) is 9.93 Å². The first kappa shape index (κ1) is 24.7. The molecular weight excluding hydrogens is 462 g/mol. The van der Waals surface area contributed by atoms with Crippen molar-refractivity contribution in [3.63, 3.8) is 0 Å². The third-order valence-electron chi connectivity index (χ3n) is 5.57. The number of ether oxygens (including phenoxy) is 1. The minimum Gasteiger partial charge on any atom is -0.444 e. The summed E-state index contributed by atoms with van der Waals surface area (Å²) in [6.07, 6.45) is 11.9. The summed E-state index contributed by atoms with van der Waals surface area (Å²) in [5.41, 5.74) is 1.84. The van der Waals surface area contributed by atoms with Gasteiger partial charge >= 0.3 is 6.09 Å². The molecule has 3 aromatic rings. The van der Waals surface area contributed by atoms with Gasteiger partial charge in [0.05, 0.1) is 11.7 Å². The van der Waals surface area contributed by atoms with Crippen LogP contribution in [-0.2, 0) is 11.3 Å². The predicted molar refractivity (Wildman–Crippen MR) is 137 cm³/mol. The zero-order chi connectivity index (χ0) is 24.8. The molecule has 35 heavy (non-hydrogen) atoms. The molecule has 1 N–H and O–H groups in total. The number of rotatable bonds is 6. The van der Waals surface area contributed by atoms with Crippen LogP contribution in [0.3, 0.4) is 0 Å². The predicted octanol–water partition coefficient (Wildman–Crippen LogP) is 5.44. The van der Waals surface area contributed by atoms with Crippen molar-refractivity contribution in [2.75, 3.05) is 11.9 Å². The SMILES string of the molecule is CC(C)(C)OC(=O)N1CCCC[C@H]1/C=C/c1csc(NC(=O)c2cccn2Cc2ccncc2)n1. The number of aromatic nitrogens is 3. The van der Waals surface area contributed by atoms with Crippen LogP contribution >= 0.6 is 11.3 Å². The van der Waals surface area contributed by atoms with Crippen molar-refractivity contribution in [3.8, 4) is 0 Å². The second-order valence-corrected chi connectivity index (χ2v) is 10.4. The van der Waals surface area contributed by atoms with Crippen LogP contribution in [0.2, 0.25) is 0 Å². The number of hydrogen-bond donors (Lipinski definition) is 1. The van der Waals surface area contributed by atoms with Gasteiger partial charge in [-0.25, -0.2) is 9.78 Å². The summed E-state index contributed by atoms with van der Waals surface area (Å²) in [6, 6.07) is 7.47. The highest BCUT2D eigenvalue weighted by molar-refractivity contribution is 7.14. The van der Waals surface area contributed by atoms with Crippen LogP contribution < -0.4 is 5.32 Å². The van der Waals surface area contributed by atoms with Gasteiger partial charge in [0.25, 0.3) is 5.91 Å². The van der Waals surface area contributed by atoms with Crippen molar-refractivity contribution in [1.29, 1.82) is 0 Å². The van der Waals surface area contributed by atoms with E-state index in [1.807, 2.05) is 67.3 Å². The number of anilines is 1. The standard InChI is InChI=1S/C26H31N5O3S/c1-26(2,3)34-25(33)31-16-5-4-7-21(31)10-9-20-18-35-24(28-20)29-23(32)22-8-6-15-30(22)17-19-11-13-27-14-12-19/h6,8-15,18,21H,4-5,7,16-17H2,1-3H3,(H,28,29,32)/b10-9+/t21-/m0/s1. The summed E-state index contributed by atoms with van der Waals surface area (Å²) in [6.45, 7) is 6.89. The van der Waals surface area contributed by atoms with Crippen LogP contribution in [0, 0.1) is 0 Å². The summed E-state index contributed by atoms with van der Waals surface area (Å²) in [5.74, 6) is -0.211. The largest absolute Gasteiger partial charge is 0.444 e. The maximum Gasteiger partial charge on any atom is 0.410 e. The molecule has 1 aliphatic heterocycles. The zero-order valence-corrected chi connectivity index (χ0v) is 21.1. The molecular formula is C26H31N5O3S. The molecule has 0 radical (unpaired) electrons.